The minimum Gasteiger partial charge on any atom is -1.00 e. The molecule has 14 heavy (non-hydrogen) atoms. The van der Waals surface area contributed by atoms with Gasteiger partial charge in [0.05, 0.1) is 0 Å². The van der Waals surface area contributed by atoms with Gasteiger partial charge in [-0.2, -0.15) is 0 Å². The number of anilines is 1. The topological polar surface area (TPSA) is 38.9 Å². The molecule has 0 bridgehead atoms. The van der Waals surface area contributed by atoms with Crippen LogP contribution in [0.25, 0.3) is 11.1 Å². The fourth-order valence-corrected chi connectivity index (χ4v) is 1.21. The van der Waals surface area contributed by atoms with Gasteiger partial charge in [0.15, 0.2) is 0 Å². The quantitative estimate of drug-likeness (QED) is 0.618. The molecule has 1 heterocycles. The molecule has 3 heteroatoms. The van der Waals surface area contributed by atoms with Crippen LogP contribution in [0.4, 0.5) is 5.82 Å². The van der Waals surface area contributed by atoms with Crippen LogP contribution >= 0.6 is 0 Å². The Hall–Kier alpha value is -0.830. The van der Waals surface area contributed by atoms with Crippen LogP contribution in [0.5, 0.6) is 0 Å². The van der Waals surface area contributed by atoms with E-state index in [0.717, 1.165) is 11.1 Å². The standard InChI is InChI=1S/C11H10N2.Na.H/c12-11-7-6-10(8-13-11)9-4-2-1-3-5-9;;/h1-8H,(H2,12,13);;/q;+1;-1. The Morgan fingerprint density at radius 1 is 0.929 bits per heavy atom. The molecule has 0 radical (unpaired) electrons. The second-order valence-electron chi connectivity index (χ2n) is 2.84. The monoisotopic (exact) mass is 194 g/mol. The summed E-state index contributed by atoms with van der Waals surface area (Å²) in [4.78, 5) is 4.03. The zero-order valence-corrected chi connectivity index (χ0v) is 10.1. The third-order valence-corrected chi connectivity index (χ3v) is 1.89. The third kappa shape index (κ3) is 2.58. The smallest absolute Gasteiger partial charge is 1.00 e. The Morgan fingerprint density at radius 3 is 2.21 bits per heavy atom. The predicted octanol–water partition coefficient (Wildman–Crippen LogP) is -0.553. The van der Waals surface area contributed by atoms with E-state index in [1.54, 1.807) is 6.20 Å². The number of benzene rings is 1. The minimum absolute atomic E-state index is 0. The molecule has 2 nitrogen and oxygen atoms in total. The largest absolute Gasteiger partial charge is 1.00 e. The Bertz CT molecular complexity index is 389. The molecular weight excluding hydrogens is 183 g/mol. The van der Waals surface area contributed by atoms with Crippen molar-refractivity contribution in [3.8, 4) is 11.1 Å². The van der Waals surface area contributed by atoms with Crippen molar-refractivity contribution in [1.82, 2.24) is 4.98 Å². The van der Waals surface area contributed by atoms with Crippen molar-refractivity contribution >= 4 is 5.82 Å². The first-order valence-corrected chi connectivity index (χ1v) is 4.13. The van der Waals surface area contributed by atoms with Crippen molar-refractivity contribution in [2.24, 2.45) is 0 Å². The number of pyridine rings is 1. The van der Waals surface area contributed by atoms with Gasteiger partial charge in [-0.05, 0) is 17.7 Å². The summed E-state index contributed by atoms with van der Waals surface area (Å²) < 4.78 is 0. The van der Waals surface area contributed by atoms with Gasteiger partial charge >= 0.3 is 29.6 Å². The van der Waals surface area contributed by atoms with Crippen molar-refractivity contribution < 1.29 is 31.0 Å². The van der Waals surface area contributed by atoms with E-state index in [4.69, 9.17) is 5.73 Å². The summed E-state index contributed by atoms with van der Waals surface area (Å²) >= 11 is 0. The second kappa shape index (κ2) is 5.15. The maximum atomic E-state index is 5.49. The van der Waals surface area contributed by atoms with Crippen LogP contribution in [0.3, 0.4) is 0 Å². The molecule has 1 aromatic carbocycles. The molecule has 0 aliphatic heterocycles. The second-order valence-corrected chi connectivity index (χ2v) is 2.84. The van der Waals surface area contributed by atoms with E-state index in [2.05, 4.69) is 4.98 Å². The van der Waals surface area contributed by atoms with Crippen LogP contribution in [0.1, 0.15) is 1.43 Å². The van der Waals surface area contributed by atoms with Gasteiger partial charge in [0.2, 0.25) is 0 Å². The van der Waals surface area contributed by atoms with E-state index in [-0.39, 0.29) is 31.0 Å². The molecule has 2 aromatic rings. The summed E-state index contributed by atoms with van der Waals surface area (Å²) in [6.07, 6.45) is 1.78. The van der Waals surface area contributed by atoms with Crippen molar-refractivity contribution in [3.05, 3.63) is 48.7 Å². The van der Waals surface area contributed by atoms with Crippen LogP contribution in [-0.4, -0.2) is 4.98 Å². The average molecular weight is 194 g/mol. The van der Waals surface area contributed by atoms with E-state index in [9.17, 15) is 0 Å². The number of hydrogen-bond acceptors (Lipinski definition) is 2. The molecule has 0 unspecified atom stereocenters. The van der Waals surface area contributed by atoms with Crippen LogP contribution in [0.2, 0.25) is 0 Å². The summed E-state index contributed by atoms with van der Waals surface area (Å²) in [6.45, 7) is 0. The number of hydrogen-bond donors (Lipinski definition) is 1. The molecule has 0 spiro atoms. The Labute approximate surface area is 107 Å². The SMILES string of the molecule is Nc1ccc(-c2ccccc2)cn1.[H-].[Na+]. The third-order valence-electron chi connectivity index (χ3n) is 1.89. The maximum absolute atomic E-state index is 5.49. The van der Waals surface area contributed by atoms with Crippen LogP contribution in [-0.2, 0) is 0 Å². The summed E-state index contributed by atoms with van der Waals surface area (Å²) in [5, 5.41) is 0. The van der Waals surface area contributed by atoms with Crippen LogP contribution < -0.4 is 35.3 Å². The fraction of sp³-hybridized carbons (Fsp3) is 0. The molecule has 0 aliphatic rings. The summed E-state index contributed by atoms with van der Waals surface area (Å²) in [7, 11) is 0. The number of aromatic nitrogens is 1. The molecule has 0 saturated carbocycles. The zero-order chi connectivity index (χ0) is 9.10. The maximum Gasteiger partial charge on any atom is 1.00 e. The van der Waals surface area contributed by atoms with E-state index in [0.29, 0.717) is 5.82 Å². The molecular formula is C11H11N2Na. The van der Waals surface area contributed by atoms with Crippen molar-refractivity contribution in [1.29, 1.82) is 0 Å². The van der Waals surface area contributed by atoms with Gasteiger partial charge < -0.3 is 7.16 Å². The summed E-state index contributed by atoms with van der Waals surface area (Å²) in [6, 6.07) is 13.9. The number of nitrogens with zero attached hydrogens (tertiary/aromatic N) is 1. The molecule has 2 N–H and O–H groups in total. The molecule has 66 valence electrons. The molecule has 1 aromatic heterocycles. The molecule has 0 saturated heterocycles. The summed E-state index contributed by atoms with van der Waals surface area (Å²) in [5.74, 6) is 0.555. The first-order chi connectivity index (χ1) is 6.36. The zero-order valence-electron chi connectivity index (χ0n) is 9.14. The molecule has 2 rings (SSSR count). The Morgan fingerprint density at radius 2 is 1.64 bits per heavy atom. The fourth-order valence-electron chi connectivity index (χ4n) is 1.21. The van der Waals surface area contributed by atoms with Crippen molar-refractivity contribution in [2.75, 3.05) is 5.73 Å². The van der Waals surface area contributed by atoms with Gasteiger partial charge in [-0.25, -0.2) is 4.98 Å². The molecule has 0 aliphatic carbocycles. The number of nitrogen functional groups attached to an aromatic ring is 1. The predicted molar refractivity (Wildman–Crippen MR) is 55.2 cm³/mol. The van der Waals surface area contributed by atoms with Gasteiger partial charge in [-0.15, -0.1) is 0 Å². The first kappa shape index (κ1) is 11.2. The van der Waals surface area contributed by atoms with E-state index in [1.807, 2.05) is 42.5 Å². The Balaban J connectivity index is 0.000000980. The average Bonchev–Trinajstić information content (AvgIpc) is 2.20. The van der Waals surface area contributed by atoms with Gasteiger partial charge in [0, 0.05) is 11.8 Å². The van der Waals surface area contributed by atoms with E-state index < -0.39 is 0 Å². The molecule has 0 atom stereocenters. The van der Waals surface area contributed by atoms with Gasteiger partial charge in [0.1, 0.15) is 5.82 Å². The van der Waals surface area contributed by atoms with Crippen LogP contribution in [0, 0.1) is 0 Å². The summed E-state index contributed by atoms with van der Waals surface area (Å²) in [5.41, 5.74) is 7.75. The minimum atomic E-state index is 0. The van der Waals surface area contributed by atoms with E-state index >= 15 is 0 Å². The van der Waals surface area contributed by atoms with Crippen LogP contribution in [0.15, 0.2) is 48.7 Å². The normalized spacial score (nSPS) is 9.14. The number of nitrogens with two attached hydrogens (primary N) is 1. The molecule has 0 amide bonds. The van der Waals surface area contributed by atoms with Crippen molar-refractivity contribution in [2.45, 2.75) is 0 Å². The van der Waals surface area contributed by atoms with Gasteiger partial charge in [-0.3, -0.25) is 0 Å². The van der Waals surface area contributed by atoms with Gasteiger partial charge in [0.25, 0.3) is 0 Å². The molecule has 0 fully saturated rings. The first-order valence-electron chi connectivity index (χ1n) is 4.13. The van der Waals surface area contributed by atoms with E-state index in [1.165, 1.54) is 0 Å². The Kier molecular flexibility index (Phi) is 4.14. The van der Waals surface area contributed by atoms with Crippen molar-refractivity contribution in [3.63, 3.8) is 0 Å². The van der Waals surface area contributed by atoms with Gasteiger partial charge in [-0.1, -0.05) is 30.3 Å². The number of rotatable bonds is 1.